The van der Waals surface area contributed by atoms with Crippen molar-refractivity contribution in [1.29, 1.82) is 0 Å². The van der Waals surface area contributed by atoms with E-state index in [0.717, 1.165) is 41.9 Å². The van der Waals surface area contributed by atoms with Gasteiger partial charge in [0.15, 0.2) is 5.13 Å². The smallest absolute Gasteiger partial charge is 0.321 e. The van der Waals surface area contributed by atoms with Gasteiger partial charge in [0.1, 0.15) is 33.1 Å². The Bertz CT molecular complexity index is 1620. The van der Waals surface area contributed by atoms with Gasteiger partial charge in [-0.3, -0.25) is 10.1 Å². The molecule has 1 aliphatic rings. The highest BCUT2D eigenvalue weighted by Gasteiger charge is 2.29. The van der Waals surface area contributed by atoms with Crippen LogP contribution >= 0.6 is 22.7 Å². The van der Waals surface area contributed by atoms with Crippen molar-refractivity contribution in [3.63, 3.8) is 0 Å². The first kappa shape index (κ1) is 29.4. The predicted octanol–water partition coefficient (Wildman–Crippen LogP) is 5.87. The van der Waals surface area contributed by atoms with Gasteiger partial charge in [0.05, 0.1) is 24.1 Å². The van der Waals surface area contributed by atoms with E-state index in [0.29, 0.717) is 34.5 Å². The molecule has 2 aromatic carbocycles. The van der Waals surface area contributed by atoms with E-state index < -0.39 is 29.2 Å². The van der Waals surface area contributed by atoms with Gasteiger partial charge in [-0.2, -0.15) is 0 Å². The number of halogens is 2. The monoisotopic (exact) mass is 614 g/mol. The van der Waals surface area contributed by atoms with Crippen molar-refractivity contribution in [3.8, 4) is 26.9 Å². The number of ether oxygens (including phenoxy) is 1. The molecule has 0 bridgehead atoms. The predicted molar refractivity (Wildman–Crippen MR) is 159 cm³/mol. The zero-order valence-electron chi connectivity index (χ0n) is 22.5. The molecule has 0 unspecified atom stereocenters. The third-order valence-corrected chi connectivity index (χ3v) is 8.83. The molecule has 1 saturated carbocycles. The Balaban J connectivity index is 1.29. The van der Waals surface area contributed by atoms with Gasteiger partial charge in [0.25, 0.3) is 5.91 Å². The molecule has 5 rings (SSSR count). The van der Waals surface area contributed by atoms with Gasteiger partial charge in [0, 0.05) is 29.1 Å². The molecule has 0 saturated heterocycles. The number of carbonyl (C=O) groups is 2. The lowest BCUT2D eigenvalue weighted by Crippen LogP contribution is -2.45. The lowest BCUT2D eigenvalue weighted by Gasteiger charge is -2.31. The van der Waals surface area contributed by atoms with E-state index in [2.05, 4.69) is 25.9 Å². The van der Waals surface area contributed by atoms with Crippen LogP contribution in [-0.4, -0.2) is 46.3 Å². The fraction of sp³-hybridized carbons (Fsp3) is 0.286. The highest BCUT2D eigenvalue weighted by molar-refractivity contribution is 7.23. The number of nitrogens with two attached hydrogens (primary N) is 1. The van der Waals surface area contributed by atoms with E-state index >= 15 is 0 Å². The van der Waals surface area contributed by atoms with Gasteiger partial charge in [-0.05, 0) is 37.1 Å². The molecule has 2 aromatic heterocycles. The van der Waals surface area contributed by atoms with Crippen LogP contribution in [0, 0.1) is 11.6 Å². The molecule has 2 heterocycles. The number of thiazole rings is 2. The first-order valence-electron chi connectivity index (χ1n) is 13.1. The summed E-state index contributed by atoms with van der Waals surface area (Å²) >= 11 is 2.25. The summed E-state index contributed by atoms with van der Waals surface area (Å²) in [5, 5.41) is 20.6. The molecule has 3 amide bonds. The van der Waals surface area contributed by atoms with Gasteiger partial charge >= 0.3 is 6.03 Å². The lowest BCUT2D eigenvalue weighted by molar-refractivity contribution is 0.00755. The summed E-state index contributed by atoms with van der Waals surface area (Å²) in [6.45, 7) is 0.133. The van der Waals surface area contributed by atoms with Crippen LogP contribution in [0.2, 0.25) is 0 Å². The lowest BCUT2D eigenvalue weighted by atomic mass is 9.85. The maximum Gasteiger partial charge on any atom is 0.321 e. The fourth-order valence-electron chi connectivity index (χ4n) is 4.61. The average molecular weight is 615 g/mol. The minimum Gasteiger partial charge on any atom is -0.497 e. The minimum absolute atomic E-state index is 0.0266. The van der Waals surface area contributed by atoms with Crippen LogP contribution in [0.5, 0.6) is 5.75 Å². The van der Waals surface area contributed by atoms with E-state index in [1.54, 1.807) is 23.6 Å². The summed E-state index contributed by atoms with van der Waals surface area (Å²) in [4.78, 5) is 34.2. The molecule has 1 fully saturated rings. The molecule has 0 aliphatic heterocycles. The number of nitrogen functional groups attached to an aromatic ring is 1. The highest BCUT2D eigenvalue weighted by Crippen LogP contribution is 2.39. The number of aromatic nitrogens is 2. The zero-order chi connectivity index (χ0) is 29.9. The number of methoxy groups -OCH3 is 1. The largest absolute Gasteiger partial charge is 0.497 e. The molecule has 0 atom stereocenters. The Hall–Kier alpha value is -4.14. The molecular formula is C28H28F2N6O4S2. The third-order valence-electron chi connectivity index (χ3n) is 6.85. The van der Waals surface area contributed by atoms with E-state index in [4.69, 9.17) is 10.5 Å². The first-order chi connectivity index (χ1) is 20.1. The second kappa shape index (κ2) is 12.4. The Morgan fingerprint density at radius 3 is 2.64 bits per heavy atom. The molecule has 1 aliphatic carbocycles. The summed E-state index contributed by atoms with van der Waals surface area (Å²) < 4.78 is 34.6. The van der Waals surface area contributed by atoms with Crippen molar-refractivity contribution >= 4 is 51.2 Å². The summed E-state index contributed by atoms with van der Waals surface area (Å²) in [7, 11) is 1.46. The number of amides is 3. The highest BCUT2D eigenvalue weighted by atomic mass is 32.1. The van der Waals surface area contributed by atoms with Crippen molar-refractivity contribution in [3.05, 3.63) is 59.0 Å². The zero-order valence-corrected chi connectivity index (χ0v) is 24.1. The normalized spacial score (nSPS) is 14.3. The summed E-state index contributed by atoms with van der Waals surface area (Å²) in [5.41, 5.74) is 5.37. The number of hydrogen-bond acceptors (Lipinski definition) is 9. The molecule has 10 nitrogen and oxygen atoms in total. The molecule has 42 heavy (non-hydrogen) atoms. The number of urea groups is 1. The van der Waals surface area contributed by atoms with Crippen molar-refractivity contribution in [2.45, 2.75) is 37.7 Å². The molecule has 0 radical (unpaired) electrons. The molecule has 6 N–H and O–H groups in total. The fourth-order valence-corrected chi connectivity index (χ4v) is 6.41. The van der Waals surface area contributed by atoms with Crippen molar-refractivity contribution in [2.24, 2.45) is 0 Å². The maximum absolute atomic E-state index is 14.8. The number of carbonyl (C=O) groups excluding carboxylic acids is 2. The van der Waals surface area contributed by atoms with E-state index in [-0.39, 0.29) is 40.0 Å². The second-order valence-electron chi connectivity index (χ2n) is 9.86. The SMILES string of the molecule is COc1cccc(C(=O)Nc2cc(-c3csc(-c4sc(NC(=O)NCC5(O)CCCCC5)nc4N)n3)c(F)cc2F)c1. The maximum atomic E-state index is 14.8. The van der Waals surface area contributed by atoms with E-state index in [1.807, 2.05) is 0 Å². The Labute approximate surface area is 248 Å². The van der Waals surface area contributed by atoms with Crippen LogP contribution in [0.15, 0.2) is 41.8 Å². The number of benzene rings is 2. The van der Waals surface area contributed by atoms with Crippen LogP contribution in [0.3, 0.4) is 0 Å². The van der Waals surface area contributed by atoms with Gasteiger partial charge in [0.2, 0.25) is 0 Å². The average Bonchev–Trinajstić information content (AvgIpc) is 3.60. The summed E-state index contributed by atoms with van der Waals surface area (Å²) in [6.07, 6.45) is 4.19. The standard InChI is InChI=1S/C28H28F2N6O4S2/c1-40-16-7-5-6-15(10-16)24(37)33-20-11-17(18(29)12-19(20)30)21-13-41-25(34-21)22-23(31)35-27(42-22)36-26(38)32-14-28(39)8-3-2-4-9-28/h5-7,10-13,39H,2-4,8-9,14,31H2,1H3,(H,33,37)(H2,32,35,36,38). The van der Waals surface area contributed by atoms with Gasteiger partial charge < -0.3 is 26.2 Å². The molecule has 220 valence electrons. The van der Waals surface area contributed by atoms with Crippen LogP contribution in [0.4, 0.5) is 30.2 Å². The third kappa shape index (κ3) is 6.66. The molecule has 14 heteroatoms. The van der Waals surface area contributed by atoms with Gasteiger partial charge in [-0.15, -0.1) is 11.3 Å². The Morgan fingerprint density at radius 1 is 1.10 bits per heavy atom. The minimum atomic E-state index is -0.945. The first-order valence-corrected chi connectivity index (χ1v) is 14.8. The number of aliphatic hydroxyl groups is 1. The van der Waals surface area contributed by atoms with Crippen LogP contribution < -0.4 is 26.4 Å². The molecule has 4 aromatic rings. The Morgan fingerprint density at radius 2 is 1.88 bits per heavy atom. The van der Waals surface area contributed by atoms with Gasteiger partial charge in [-0.25, -0.2) is 23.5 Å². The number of hydrogen-bond donors (Lipinski definition) is 5. The molecular weight excluding hydrogens is 586 g/mol. The number of anilines is 3. The van der Waals surface area contributed by atoms with Gasteiger partial charge in [-0.1, -0.05) is 36.7 Å². The van der Waals surface area contributed by atoms with Crippen molar-refractivity contribution in [2.75, 3.05) is 30.0 Å². The van der Waals surface area contributed by atoms with Crippen LogP contribution in [0.1, 0.15) is 42.5 Å². The number of nitrogens with zero attached hydrogens (tertiary/aromatic N) is 2. The molecule has 0 spiro atoms. The second-order valence-corrected chi connectivity index (χ2v) is 11.7. The van der Waals surface area contributed by atoms with Crippen molar-refractivity contribution in [1.82, 2.24) is 15.3 Å². The Kier molecular flexibility index (Phi) is 8.66. The summed E-state index contributed by atoms with van der Waals surface area (Å²) in [6, 6.07) is 7.66. The van der Waals surface area contributed by atoms with Crippen LogP contribution in [0.25, 0.3) is 21.1 Å². The topological polar surface area (TPSA) is 151 Å². The number of nitrogens with one attached hydrogen (secondary N) is 3. The summed E-state index contributed by atoms with van der Waals surface area (Å²) in [5.74, 6) is -1.83. The van der Waals surface area contributed by atoms with E-state index in [1.165, 1.54) is 19.2 Å². The van der Waals surface area contributed by atoms with Crippen molar-refractivity contribution < 1.29 is 28.2 Å². The van der Waals surface area contributed by atoms with Crippen LogP contribution in [-0.2, 0) is 0 Å². The number of rotatable bonds is 8. The van der Waals surface area contributed by atoms with E-state index in [9.17, 15) is 23.5 Å². The quantitative estimate of drug-likeness (QED) is 0.166.